The molecule has 5 heteroatoms. The summed E-state index contributed by atoms with van der Waals surface area (Å²) in [6, 6.07) is 79.2. The molecule has 2 unspecified atom stereocenters. The molecule has 2 aliphatic rings. The van der Waals surface area contributed by atoms with E-state index in [2.05, 4.69) is 188 Å². The van der Waals surface area contributed by atoms with Gasteiger partial charge < -0.3 is 5.73 Å². The fraction of sp³-hybridized carbons (Fsp3) is 0.0667. The minimum atomic E-state index is -0.650. The van der Waals surface area contributed by atoms with Crippen LogP contribution in [0.2, 0.25) is 0 Å². The highest BCUT2D eigenvalue weighted by atomic mass is 15.6. The molecule has 5 nitrogen and oxygen atoms in total. The Balaban J connectivity index is 1.09. The zero-order valence-electron chi connectivity index (χ0n) is 36.4. The lowest BCUT2D eigenvalue weighted by molar-refractivity contribution is 0.326. The van der Waals surface area contributed by atoms with Gasteiger partial charge in [0.25, 0.3) is 0 Å². The molecular weight excluding hydrogens is 791 g/mol. The van der Waals surface area contributed by atoms with Crippen LogP contribution in [0.5, 0.6) is 0 Å². The summed E-state index contributed by atoms with van der Waals surface area (Å²) in [5.41, 5.74) is 24.6. The Kier molecular flexibility index (Phi) is 10.1. The van der Waals surface area contributed by atoms with Crippen molar-refractivity contribution in [2.45, 2.75) is 25.4 Å². The molecule has 65 heavy (non-hydrogen) atoms. The quantitative estimate of drug-likeness (QED) is 0.0910. The summed E-state index contributed by atoms with van der Waals surface area (Å²) in [6.07, 6.45) is 0. The monoisotopic (exact) mass is 837 g/mol. The van der Waals surface area contributed by atoms with Crippen molar-refractivity contribution in [3.05, 3.63) is 275 Å². The maximum Gasteiger partial charge on any atom is 0.157 e. The number of hydrazine groups is 1. The van der Waals surface area contributed by atoms with Gasteiger partial charge in [0, 0.05) is 33.4 Å². The molecule has 2 aliphatic heterocycles. The molecule has 9 aromatic rings. The molecule has 0 saturated carbocycles. The number of aliphatic imine (C=N–C) groups is 2. The van der Waals surface area contributed by atoms with E-state index in [0.717, 1.165) is 44.8 Å². The molecule has 11 rings (SSSR count). The van der Waals surface area contributed by atoms with Crippen molar-refractivity contribution in [1.82, 2.24) is 10.4 Å². The summed E-state index contributed by atoms with van der Waals surface area (Å²) in [4.78, 5) is 10.1. The van der Waals surface area contributed by atoms with Crippen molar-refractivity contribution in [1.29, 1.82) is 0 Å². The summed E-state index contributed by atoms with van der Waals surface area (Å²) in [5, 5.41) is 7.33. The molecule has 0 fully saturated rings. The smallest absolute Gasteiger partial charge is 0.157 e. The molecule has 0 amide bonds. The van der Waals surface area contributed by atoms with Crippen LogP contribution in [0.15, 0.2) is 234 Å². The van der Waals surface area contributed by atoms with Gasteiger partial charge in [-0.15, -0.1) is 0 Å². The number of benzene rings is 9. The van der Waals surface area contributed by atoms with E-state index in [4.69, 9.17) is 15.7 Å². The molecule has 312 valence electrons. The Morgan fingerprint density at radius 2 is 1.06 bits per heavy atom. The fourth-order valence-corrected chi connectivity index (χ4v) is 9.84. The third-order valence-corrected chi connectivity index (χ3v) is 12.9. The second-order valence-electron chi connectivity index (χ2n) is 17.0. The van der Waals surface area contributed by atoms with Crippen LogP contribution in [0, 0.1) is 0 Å². The summed E-state index contributed by atoms with van der Waals surface area (Å²) in [5.74, 6) is 1.02. The average molecular weight is 838 g/mol. The molecule has 0 aromatic heterocycles. The molecular formula is C60H47N5. The normalized spacial score (nSPS) is 16.8. The standard InChI is InChI=1S/C60H47N5/c1-40(62-59(46-27-13-6-14-28-46)63-58(61)45-25-11-5-12-26-45)41-35-37-42(38-36-41)54-51-33-19-20-34-52(51)57-55(43-21-7-3-8-22-43)60(2,64-65(57)56(54)44-23-9-4-10-24-44)53-39-47-29-15-16-30-48(47)49-31-17-18-32-50(49)53/h3-40,64H,1-2H3,(H2,61,62,63). The molecule has 2 heterocycles. The summed E-state index contributed by atoms with van der Waals surface area (Å²) < 4.78 is 0. The van der Waals surface area contributed by atoms with E-state index >= 15 is 0 Å². The second kappa shape index (κ2) is 16.5. The van der Waals surface area contributed by atoms with Crippen LogP contribution in [0.1, 0.15) is 70.0 Å². The number of fused-ring (bicyclic) bond motifs is 6. The van der Waals surface area contributed by atoms with E-state index in [1.54, 1.807) is 0 Å². The molecule has 0 spiro atoms. The van der Waals surface area contributed by atoms with Gasteiger partial charge in [-0.3, -0.25) is 10.0 Å². The molecule has 0 radical (unpaired) electrons. The van der Waals surface area contributed by atoms with Crippen LogP contribution in [-0.2, 0) is 5.54 Å². The number of hydrogen-bond acceptors (Lipinski definition) is 3. The number of nitrogens with two attached hydrogens (primary N) is 1. The van der Waals surface area contributed by atoms with Crippen LogP contribution >= 0.6 is 0 Å². The Morgan fingerprint density at radius 1 is 0.523 bits per heavy atom. The largest absolute Gasteiger partial charge is 0.383 e. The van der Waals surface area contributed by atoms with E-state index < -0.39 is 5.54 Å². The van der Waals surface area contributed by atoms with Crippen LogP contribution < -0.4 is 11.2 Å². The Labute approximate surface area is 380 Å². The highest BCUT2D eigenvalue weighted by Gasteiger charge is 2.48. The van der Waals surface area contributed by atoms with Crippen molar-refractivity contribution in [3.8, 4) is 0 Å². The molecule has 0 saturated heterocycles. The highest BCUT2D eigenvalue weighted by Crippen LogP contribution is 2.56. The number of amidine groups is 2. The minimum Gasteiger partial charge on any atom is -0.383 e. The lowest BCUT2D eigenvalue weighted by atomic mass is 9.76. The fourth-order valence-electron chi connectivity index (χ4n) is 9.84. The van der Waals surface area contributed by atoms with Crippen LogP contribution in [0.3, 0.4) is 0 Å². The van der Waals surface area contributed by atoms with E-state index in [9.17, 15) is 0 Å². The van der Waals surface area contributed by atoms with Crippen molar-refractivity contribution < 1.29 is 0 Å². The maximum absolute atomic E-state index is 6.58. The predicted octanol–water partition coefficient (Wildman–Crippen LogP) is 13.4. The zero-order valence-corrected chi connectivity index (χ0v) is 36.4. The van der Waals surface area contributed by atoms with Crippen molar-refractivity contribution in [3.63, 3.8) is 0 Å². The number of rotatable bonds is 8. The lowest BCUT2D eigenvalue weighted by Crippen LogP contribution is -2.44. The van der Waals surface area contributed by atoms with Gasteiger partial charge in [0.2, 0.25) is 0 Å². The lowest BCUT2D eigenvalue weighted by Gasteiger charge is -2.37. The van der Waals surface area contributed by atoms with E-state index in [1.165, 1.54) is 49.4 Å². The van der Waals surface area contributed by atoms with Crippen LogP contribution in [0.4, 0.5) is 0 Å². The van der Waals surface area contributed by atoms with Gasteiger partial charge in [0.15, 0.2) is 5.84 Å². The zero-order chi connectivity index (χ0) is 43.9. The van der Waals surface area contributed by atoms with Gasteiger partial charge in [-0.2, -0.15) is 0 Å². The summed E-state index contributed by atoms with van der Waals surface area (Å²) >= 11 is 0. The Bertz CT molecular complexity index is 3350. The third kappa shape index (κ3) is 7.03. The van der Waals surface area contributed by atoms with E-state index in [1.807, 2.05) is 60.7 Å². The maximum atomic E-state index is 6.58. The van der Waals surface area contributed by atoms with Crippen LogP contribution in [-0.4, -0.2) is 16.7 Å². The number of nitrogens with zero attached hydrogens (tertiary/aromatic N) is 3. The van der Waals surface area contributed by atoms with Crippen LogP contribution in [0.25, 0.3) is 44.1 Å². The molecule has 3 N–H and O–H groups in total. The predicted molar refractivity (Wildman–Crippen MR) is 271 cm³/mol. The molecule has 2 atom stereocenters. The van der Waals surface area contributed by atoms with Crippen molar-refractivity contribution >= 4 is 55.8 Å². The molecule has 0 aliphatic carbocycles. The highest BCUT2D eigenvalue weighted by molar-refractivity contribution is 6.15. The van der Waals surface area contributed by atoms with Gasteiger partial charge in [0.1, 0.15) is 5.84 Å². The van der Waals surface area contributed by atoms with Gasteiger partial charge in [0.05, 0.1) is 23.0 Å². The van der Waals surface area contributed by atoms with Gasteiger partial charge in [-0.05, 0) is 69.3 Å². The van der Waals surface area contributed by atoms with Crippen molar-refractivity contribution in [2.75, 3.05) is 0 Å². The summed E-state index contributed by atoms with van der Waals surface area (Å²) in [6.45, 7) is 4.48. The Morgan fingerprint density at radius 3 is 1.74 bits per heavy atom. The van der Waals surface area contributed by atoms with Gasteiger partial charge >= 0.3 is 0 Å². The van der Waals surface area contributed by atoms with Gasteiger partial charge in [-0.1, -0.05) is 218 Å². The minimum absolute atomic E-state index is 0.200. The first-order chi connectivity index (χ1) is 32.0. The van der Waals surface area contributed by atoms with Crippen molar-refractivity contribution in [2.24, 2.45) is 15.7 Å². The topological polar surface area (TPSA) is 66.0 Å². The SMILES string of the molecule is CC(/N=C(\N=C(/N)c1ccccc1)c1ccccc1)c1ccc(C2=C(c3ccccc3)N3NC(C)(c4cc5ccccc5c5ccccc45)C(c4ccccc4)=C3c3ccccc32)cc1. The molecule has 0 bridgehead atoms. The number of nitrogens with one attached hydrogen (secondary N) is 1. The van der Waals surface area contributed by atoms with Gasteiger partial charge in [-0.25, -0.2) is 10.4 Å². The Hall–Kier alpha value is -8.12. The average Bonchev–Trinajstić information content (AvgIpc) is 3.70. The number of hydrogen-bond donors (Lipinski definition) is 2. The van der Waals surface area contributed by atoms with E-state index in [-0.39, 0.29) is 6.04 Å². The summed E-state index contributed by atoms with van der Waals surface area (Å²) in [7, 11) is 0. The first-order valence-corrected chi connectivity index (χ1v) is 22.3. The first-order valence-electron chi connectivity index (χ1n) is 22.3. The van der Waals surface area contributed by atoms with E-state index in [0.29, 0.717) is 11.7 Å². The third-order valence-electron chi connectivity index (χ3n) is 12.9. The molecule has 9 aromatic carbocycles. The first kappa shape index (κ1) is 39.7. The second-order valence-corrected chi connectivity index (χ2v) is 17.0.